The van der Waals surface area contributed by atoms with Crippen LogP contribution < -0.4 is 5.32 Å². The minimum Gasteiger partial charge on any atom is -0.394 e. The zero-order valence-electron chi connectivity index (χ0n) is 29.7. The first-order valence-electron chi connectivity index (χ1n) is 19.3. The Morgan fingerprint density at radius 1 is 0.556 bits per heavy atom. The van der Waals surface area contributed by atoms with Crippen LogP contribution in [0.4, 0.5) is 0 Å². The predicted octanol–water partition coefficient (Wildman–Crippen LogP) is 10.4. The third kappa shape index (κ3) is 31.0. The van der Waals surface area contributed by atoms with E-state index in [4.69, 9.17) is 0 Å². The first-order valence-corrected chi connectivity index (χ1v) is 19.3. The van der Waals surface area contributed by atoms with Crippen LogP contribution in [0.1, 0.15) is 187 Å². The van der Waals surface area contributed by atoms with Gasteiger partial charge in [-0.1, -0.05) is 179 Å². The van der Waals surface area contributed by atoms with Crippen molar-refractivity contribution in [2.45, 2.75) is 205 Å². The van der Waals surface area contributed by atoms with E-state index in [1.807, 2.05) is 6.08 Å². The van der Waals surface area contributed by atoms with E-state index in [9.17, 15) is 20.1 Å². The molecule has 45 heavy (non-hydrogen) atoms. The van der Waals surface area contributed by atoms with Crippen molar-refractivity contribution in [1.29, 1.82) is 0 Å². The van der Waals surface area contributed by atoms with Gasteiger partial charge in [-0.2, -0.15) is 0 Å². The molecule has 0 radical (unpaired) electrons. The highest BCUT2D eigenvalue weighted by Gasteiger charge is 2.22. The Balaban J connectivity index is 3.74. The maximum Gasteiger partial charge on any atom is 0.249 e. The van der Waals surface area contributed by atoms with Gasteiger partial charge in [0.15, 0.2) is 0 Å². The van der Waals surface area contributed by atoms with Crippen LogP contribution in [0, 0.1) is 0 Å². The summed E-state index contributed by atoms with van der Waals surface area (Å²) in [7, 11) is 0. The molecule has 0 aliphatic heterocycles. The van der Waals surface area contributed by atoms with E-state index in [1.165, 1.54) is 135 Å². The van der Waals surface area contributed by atoms with E-state index < -0.39 is 24.2 Å². The van der Waals surface area contributed by atoms with E-state index in [2.05, 4.69) is 43.5 Å². The SMILES string of the molecule is CCCCC/C=C\C=C/CCCCCCCCCCCC(O)C(=O)NC(CO)C(O)/C=C/CCCCCCCCCCCCC. The standard InChI is InChI=1S/C40H75NO4/c1-3-5-7-9-11-13-15-17-18-19-20-21-23-25-27-29-31-33-35-39(44)40(45)41-37(36-42)38(43)34-32-30-28-26-24-22-16-14-12-10-8-6-4-2/h11,13,15,17,32,34,37-39,42-44H,3-10,12,14,16,18-31,33,35-36H2,1-2H3,(H,41,45)/b13-11-,17-15-,34-32+. The van der Waals surface area contributed by atoms with Crippen LogP contribution in [0.2, 0.25) is 0 Å². The maximum atomic E-state index is 12.4. The lowest BCUT2D eigenvalue weighted by Gasteiger charge is -2.21. The Morgan fingerprint density at radius 2 is 0.933 bits per heavy atom. The predicted molar refractivity (Wildman–Crippen MR) is 194 cm³/mol. The highest BCUT2D eigenvalue weighted by atomic mass is 16.3. The van der Waals surface area contributed by atoms with E-state index in [0.29, 0.717) is 6.42 Å². The molecule has 1 amide bonds. The fourth-order valence-corrected chi connectivity index (χ4v) is 5.64. The minimum absolute atomic E-state index is 0.365. The summed E-state index contributed by atoms with van der Waals surface area (Å²) in [5.74, 6) is -0.510. The molecule has 0 aromatic carbocycles. The van der Waals surface area contributed by atoms with Gasteiger partial charge in [-0.15, -0.1) is 0 Å². The second-order valence-corrected chi connectivity index (χ2v) is 13.2. The number of hydrogen-bond donors (Lipinski definition) is 4. The molecule has 0 heterocycles. The molecule has 0 spiro atoms. The summed E-state index contributed by atoms with van der Waals surface area (Å²) in [5, 5.41) is 33.0. The van der Waals surface area contributed by atoms with Gasteiger partial charge >= 0.3 is 0 Å². The number of carbonyl (C=O) groups is 1. The molecule has 3 unspecified atom stereocenters. The van der Waals surface area contributed by atoms with Crippen molar-refractivity contribution in [3.63, 3.8) is 0 Å². The number of aliphatic hydroxyl groups is 3. The molecule has 0 saturated heterocycles. The molecule has 0 saturated carbocycles. The van der Waals surface area contributed by atoms with Crippen molar-refractivity contribution in [1.82, 2.24) is 5.32 Å². The first-order chi connectivity index (χ1) is 22.1. The van der Waals surface area contributed by atoms with Crippen molar-refractivity contribution in [2.75, 3.05) is 6.61 Å². The van der Waals surface area contributed by atoms with Gasteiger partial charge in [-0.3, -0.25) is 4.79 Å². The van der Waals surface area contributed by atoms with Crippen LogP contribution in [0.5, 0.6) is 0 Å². The summed E-state index contributed by atoms with van der Waals surface area (Å²) in [6, 6.07) is -0.797. The van der Waals surface area contributed by atoms with Crippen LogP contribution in [-0.2, 0) is 4.79 Å². The zero-order valence-corrected chi connectivity index (χ0v) is 29.7. The molecule has 0 rings (SSSR count). The van der Waals surface area contributed by atoms with E-state index in [0.717, 1.165) is 32.1 Å². The summed E-state index contributed by atoms with van der Waals surface area (Å²) in [6.07, 6.45) is 43.0. The Morgan fingerprint density at radius 3 is 1.40 bits per heavy atom. The van der Waals surface area contributed by atoms with Crippen molar-refractivity contribution in [3.05, 3.63) is 36.5 Å². The van der Waals surface area contributed by atoms with Crippen LogP contribution in [0.15, 0.2) is 36.5 Å². The Kier molecular flexibility index (Phi) is 34.3. The smallest absolute Gasteiger partial charge is 0.249 e. The molecule has 0 aliphatic rings. The molecular formula is C40H75NO4. The third-order valence-corrected chi connectivity index (χ3v) is 8.75. The molecule has 264 valence electrons. The summed E-state index contributed by atoms with van der Waals surface area (Å²) in [4.78, 5) is 12.4. The zero-order chi connectivity index (χ0) is 33.1. The van der Waals surface area contributed by atoms with E-state index in [1.54, 1.807) is 6.08 Å². The van der Waals surface area contributed by atoms with Gasteiger partial charge < -0.3 is 20.6 Å². The number of rotatable bonds is 34. The van der Waals surface area contributed by atoms with Crippen LogP contribution >= 0.6 is 0 Å². The van der Waals surface area contributed by atoms with Crippen molar-refractivity contribution < 1.29 is 20.1 Å². The second-order valence-electron chi connectivity index (χ2n) is 13.2. The van der Waals surface area contributed by atoms with Crippen molar-refractivity contribution >= 4 is 5.91 Å². The average Bonchev–Trinajstić information content (AvgIpc) is 3.04. The number of amides is 1. The van der Waals surface area contributed by atoms with Gasteiger partial charge in [0.25, 0.3) is 0 Å². The number of hydrogen-bond acceptors (Lipinski definition) is 4. The normalized spacial score (nSPS) is 14.2. The van der Waals surface area contributed by atoms with Crippen LogP contribution in [0.3, 0.4) is 0 Å². The van der Waals surface area contributed by atoms with Crippen molar-refractivity contribution in [3.8, 4) is 0 Å². The topological polar surface area (TPSA) is 89.8 Å². The number of carbonyl (C=O) groups excluding carboxylic acids is 1. The molecule has 5 nitrogen and oxygen atoms in total. The lowest BCUT2D eigenvalue weighted by molar-refractivity contribution is -0.131. The molecule has 0 aliphatic carbocycles. The number of aliphatic hydroxyl groups excluding tert-OH is 3. The fraction of sp³-hybridized carbons (Fsp3) is 0.825. The lowest BCUT2D eigenvalue weighted by Crippen LogP contribution is -2.48. The molecular weight excluding hydrogens is 558 g/mol. The Labute approximate surface area is 279 Å². The molecule has 0 bridgehead atoms. The summed E-state index contributed by atoms with van der Waals surface area (Å²) >= 11 is 0. The minimum atomic E-state index is -1.10. The van der Waals surface area contributed by atoms with Gasteiger partial charge in [0.05, 0.1) is 18.8 Å². The highest BCUT2D eigenvalue weighted by Crippen LogP contribution is 2.14. The number of allylic oxidation sites excluding steroid dienone is 5. The Hall–Kier alpha value is -1.43. The van der Waals surface area contributed by atoms with Gasteiger partial charge in [-0.05, 0) is 44.9 Å². The van der Waals surface area contributed by atoms with Gasteiger partial charge in [0.2, 0.25) is 5.91 Å². The average molecular weight is 634 g/mol. The maximum absolute atomic E-state index is 12.4. The molecule has 0 fully saturated rings. The number of unbranched alkanes of at least 4 members (excludes halogenated alkanes) is 23. The second kappa shape index (κ2) is 35.4. The van der Waals surface area contributed by atoms with Gasteiger partial charge in [0, 0.05) is 0 Å². The molecule has 4 N–H and O–H groups in total. The number of nitrogens with one attached hydrogen (secondary N) is 1. The summed E-state index contributed by atoms with van der Waals surface area (Å²) < 4.78 is 0. The molecule has 0 aromatic heterocycles. The van der Waals surface area contributed by atoms with Crippen LogP contribution in [-0.4, -0.2) is 46.1 Å². The summed E-state index contributed by atoms with van der Waals surface area (Å²) in [5.41, 5.74) is 0. The molecule has 3 atom stereocenters. The monoisotopic (exact) mass is 634 g/mol. The quantitative estimate of drug-likeness (QED) is 0.0322. The molecule has 5 heteroatoms. The van der Waals surface area contributed by atoms with Gasteiger partial charge in [-0.25, -0.2) is 0 Å². The molecule has 0 aromatic rings. The summed E-state index contributed by atoms with van der Waals surface area (Å²) in [6.45, 7) is 4.13. The lowest BCUT2D eigenvalue weighted by atomic mass is 10.0. The fourth-order valence-electron chi connectivity index (χ4n) is 5.64. The first kappa shape index (κ1) is 43.6. The third-order valence-electron chi connectivity index (χ3n) is 8.75. The van der Waals surface area contributed by atoms with Crippen molar-refractivity contribution in [2.24, 2.45) is 0 Å². The largest absolute Gasteiger partial charge is 0.394 e. The highest BCUT2D eigenvalue weighted by molar-refractivity contribution is 5.80. The van der Waals surface area contributed by atoms with Crippen LogP contribution in [0.25, 0.3) is 0 Å². The van der Waals surface area contributed by atoms with E-state index in [-0.39, 0.29) is 6.61 Å². The Bertz CT molecular complexity index is 704. The van der Waals surface area contributed by atoms with E-state index >= 15 is 0 Å². The van der Waals surface area contributed by atoms with Gasteiger partial charge in [0.1, 0.15) is 6.10 Å².